The second-order valence-corrected chi connectivity index (χ2v) is 10.7. The van der Waals surface area contributed by atoms with E-state index in [4.69, 9.17) is 0 Å². The van der Waals surface area contributed by atoms with E-state index in [1.807, 2.05) is 0 Å². The molecule has 5 aromatic rings. The average Bonchev–Trinajstić information content (AvgIpc) is 3.32. The van der Waals surface area contributed by atoms with E-state index in [9.17, 15) is 0 Å². The predicted molar refractivity (Wildman–Crippen MR) is 154 cm³/mol. The van der Waals surface area contributed by atoms with Crippen molar-refractivity contribution in [1.82, 2.24) is 4.57 Å². The van der Waals surface area contributed by atoms with Gasteiger partial charge in [0.15, 0.2) is 0 Å². The summed E-state index contributed by atoms with van der Waals surface area (Å²) in [4.78, 5) is 0. The lowest BCUT2D eigenvalue weighted by Crippen LogP contribution is -2.17. The topological polar surface area (TPSA) is 17.0 Å². The number of fused-ring (bicyclic) bond motifs is 5. The molecule has 0 aliphatic heterocycles. The molecule has 1 aromatic heterocycles. The number of nitrogens with zero attached hydrogens (tertiary/aromatic N) is 1. The Labute approximate surface area is 212 Å². The molecule has 176 valence electrons. The van der Waals surface area contributed by atoms with Crippen LogP contribution in [0.15, 0.2) is 103 Å². The van der Waals surface area contributed by atoms with Crippen LogP contribution in [-0.2, 0) is 12.5 Å². The minimum absolute atomic E-state index is 0.0945. The van der Waals surface area contributed by atoms with Crippen LogP contribution >= 0.6 is 0 Å². The van der Waals surface area contributed by atoms with Gasteiger partial charge in [-0.2, -0.15) is 0 Å². The van der Waals surface area contributed by atoms with Crippen LogP contribution in [0, 0.1) is 0 Å². The van der Waals surface area contributed by atoms with Crippen molar-refractivity contribution in [1.29, 1.82) is 0 Å². The molecule has 0 unspecified atom stereocenters. The van der Waals surface area contributed by atoms with Gasteiger partial charge < -0.3 is 9.88 Å². The molecule has 2 nitrogen and oxygen atoms in total. The Kier molecular flexibility index (Phi) is 4.56. The Bertz CT molecular complexity index is 1730. The first-order valence-corrected chi connectivity index (χ1v) is 12.9. The van der Waals surface area contributed by atoms with Gasteiger partial charge in [0, 0.05) is 45.6 Å². The highest BCUT2D eigenvalue weighted by Gasteiger charge is 2.37. The molecule has 2 heteroatoms. The quantitative estimate of drug-likeness (QED) is 0.280. The lowest BCUT2D eigenvalue weighted by molar-refractivity contribution is 0.607. The molecule has 4 aromatic carbocycles. The zero-order valence-corrected chi connectivity index (χ0v) is 21.1. The van der Waals surface area contributed by atoms with E-state index in [1.165, 1.54) is 56.1 Å². The highest BCUT2D eigenvalue weighted by molar-refractivity contribution is 6.09. The number of rotatable bonds is 3. The second-order valence-electron chi connectivity index (χ2n) is 10.7. The molecule has 1 N–H and O–H groups in total. The summed E-state index contributed by atoms with van der Waals surface area (Å²) in [5.74, 6) is 0. The van der Waals surface area contributed by atoms with Crippen molar-refractivity contribution in [3.05, 3.63) is 114 Å². The van der Waals surface area contributed by atoms with Gasteiger partial charge in [0.2, 0.25) is 0 Å². The third kappa shape index (κ3) is 3.10. The molecule has 2 aliphatic rings. The molecule has 1 heterocycles. The number of allylic oxidation sites excluding steroid dienone is 4. The van der Waals surface area contributed by atoms with Gasteiger partial charge in [-0.3, -0.25) is 0 Å². The number of anilines is 2. The first-order valence-electron chi connectivity index (χ1n) is 12.9. The smallest absolute Gasteiger partial charge is 0.0489 e. The molecule has 0 saturated carbocycles. The first-order chi connectivity index (χ1) is 17.5. The van der Waals surface area contributed by atoms with Crippen molar-refractivity contribution in [2.45, 2.75) is 32.1 Å². The molecule has 7 rings (SSSR count). The highest BCUT2D eigenvalue weighted by Crippen LogP contribution is 2.50. The van der Waals surface area contributed by atoms with E-state index in [2.05, 4.69) is 128 Å². The van der Waals surface area contributed by atoms with Gasteiger partial charge in [-0.1, -0.05) is 74.0 Å². The maximum Gasteiger partial charge on any atom is 0.0489 e. The maximum absolute atomic E-state index is 3.65. The van der Waals surface area contributed by atoms with E-state index in [0.29, 0.717) is 0 Å². The fraction of sp³-hybridized carbons (Fsp3) is 0.176. The summed E-state index contributed by atoms with van der Waals surface area (Å²) < 4.78 is 2.28. The molecule has 0 amide bonds. The van der Waals surface area contributed by atoms with Crippen LogP contribution in [0.1, 0.15) is 37.8 Å². The van der Waals surface area contributed by atoms with Crippen molar-refractivity contribution in [2.75, 3.05) is 5.32 Å². The van der Waals surface area contributed by atoms with Gasteiger partial charge in [0.05, 0.1) is 0 Å². The number of nitrogens with one attached hydrogen (secondary N) is 1. The number of para-hydroxylation sites is 1. The number of hydrogen-bond donors (Lipinski definition) is 1. The predicted octanol–water partition coefficient (Wildman–Crippen LogP) is 9.14. The summed E-state index contributed by atoms with van der Waals surface area (Å²) in [5.41, 5.74) is 13.2. The molecule has 2 aliphatic carbocycles. The Balaban J connectivity index is 1.18. The monoisotopic (exact) mass is 466 g/mol. The van der Waals surface area contributed by atoms with E-state index in [-0.39, 0.29) is 5.41 Å². The van der Waals surface area contributed by atoms with Crippen molar-refractivity contribution in [3.8, 4) is 11.1 Å². The molecule has 0 radical (unpaired) electrons. The fourth-order valence-electron chi connectivity index (χ4n) is 6.36. The number of benzene rings is 4. The van der Waals surface area contributed by atoms with Gasteiger partial charge in [-0.15, -0.1) is 0 Å². The van der Waals surface area contributed by atoms with Crippen LogP contribution in [-0.4, -0.2) is 4.57 Å². The molecule has 0 atom stereocenters. The van der Waals surface area contributed by atoms with Gasteiger partial charge >= 0.3 is 0 Å². The molecule has 0 fully saturated rings. The number of hydrogen-bond acceptors (Lipinski definition) is 1. The van der Waals surface area contributed by atoms with Crippen molar-refractivity contribution in [3.63, 3.8) is 0 Å². The standard InChI is InChI=1S/C34H30N2/c1-34(2)30-10-6-4-8-26(30)27-18-17-25(21-31(27)34)35-24-15-12-22(13-16-24)23-14-19-33-29(20-23)28-9-5-7-11-32(28)36(33)3/h4-5,7-9,11-21,35H,6,10H2,1-3H3. The Morgan fingerprint density at radius 2 is 1.50 bits per heavy atom. The van der Waals surface area contributed by atoms with Crippen molar-refractivity contribution < 1.29 is 0 Å². The molecular weight excluding hydrogens is 436 g/mol. The van der Waals surface area contributed by atoms with Gasteiger partial charge in [-0.25, -0.2) is 0 Å². The summed E-state index contributed by atoms with van der Waals surface area (Å²) in [6, 6.07) is 31.1. The summed E-state index contributed by atoms with van der Waals surface area (Å²) in [5, 5.41) is 6.26. The first kappa shape index (κ1) is 21.3. The van der Waals surface area contributed by atoms with Crippen LogP contribution in [0.5, 0.6) is 0 Å². The van der Waals surface area contributed by atoms with Crippen LogP contribution in [0.2, 0.25) is 0 Å². The van der Waals surface area contributed by atoms with Gasteiger partial charge in [-0.05, 0) is 83.1 Å². The molecule has 0 saturated heterocycles. The third-order valence-corrected chi connectivity index (χ3v) is 8.33. The lowest BCUT2D eigenvalue weighted by Gasteiger charge is -2.26. The van der Waals surface area contributed by atoms with E-state index in [0.717, 1.165) is 17.8 Å². The van der Waals surface area contributed by atoms with Crippen LogP contribution in [0.3, 0.4) is 0 Å². The normalized spacial score (nSPS) is 16.0. The van der Waals surface area contributed by atoms with Crippen LogP contribution < -0.4 is 5.32 Å². The zero-order chi connectivity index (χ0) is 24.4. The summed E-state index contributed by atoms with van der Waals surface area (Å²) >= 11 is 0. The Hall–Kier alpha value is -4.04. The summed E-state index contributed by atoms with van der Waals surface area (Å²) in [6.45, 7) is 4.75. The summed E-state index contributed by atoms with van der Waals surface area (Å²) in [6.07, 6.45) is 6.97. The zero-order valence-electron chi connectivity index (χ0n) is 21.1. The molecule has 36 heavy (non-hydrogen) atoms. The van der Waals surface area contributed by atoms with Crippen LogP contribution in [0.25, 0.3) is 38.5 Å². The summed E-state index contributed by atoms with van der Waals surface area (Å²) in [7, 11) is 2.15. The number of aromatic nitrogens is 1. The lowest BCUT2D eigenvalue weighted by atomic mass is 9.78. The fourth-order valence-corrected chi connectivity index (χ4v) is 6.36. The minimum Gasteiger partial charge on any atom is -0.356 e. The minimum atomic E-state index is 0.0945. The van der Waals surface area contributed by atoms with Crippen molar-refractivity contribution in [2.24, 2.45) is 7.05 Å². The average molecular weight is 467 g/mol. The number of aryl methyl sites for hydroxylation is 1. The molecule has 0 bridgehead atoms. The Morgan fingerprint density at radius 3 is 2.36 bits per heavy atom. The van der Waals surface area contributed by atoms with E-state index in [1.54, 1.807) is 5.57 Å². The maximum atomic E-state index is 3.65. The van der Waals surface area contributed by atoms with Crippen molar-refractivity contribution >= 4 is 38.8 Å². The van der Waals surface area contributed by atoms with E-state index < -0.39 is 0 Å². The second kappa shape index (κ2) is 7.73. The largest absolute Gasteiger partial charge is 0.356 e. The van der Waals surface area contributed by atoms with Gasteiger partial charge in [0.25, 0.3) is 0 Å². The van der Waals surface area contributed by atoms with Crippen LogP contribution in [0.4, 0.5) is 11.4 Å². The SMILES string of the molecule is Cn1c2ccccc2c2cc(-c3ccc(Nc4ccc5c(c4)C(C)(C)C4=C5C=CCC4)cc3)ccc21. The molecular formula is C34H30N2. The molecule has 0 spiro atoms. The van der Waals surface area contributed by atoms with Gasteiger partial charge in [0.1, 0.15) is 0 Å². The third-order valence-electron chi connectivity index (χ3n) is 8.33. The highest BCUT2D eigenvalue weighted by atomic mass is 14.9. The van der Waals surface area contributed by atoms with E-state index >= 15 is 0 Å². The Morgan fingerprint density at radius 1 is 0.750 bits per heavy atom.